The number of rotatable bonds is 8. The molecule has 0 aliphatic carbocycles. The Hall–Kier alpha value is -2.49. The summed E-state index contributed by atoms with van der Waals surface area (Å²) in [6, 6.07) is 13.7. The highest BCUT2D eigenvalue weighted by molar-refractivity contribution is 14.0. The molecule has 3 N–H and O–H groups in total. The van der Waals surface area contributed by atoms with Gasteiger partial charge in [0.1, 0.15) is 11.5 Å². The molecule has 31 heavy (non-hydrogen) atoms. The lowest BCUT2D eigenvalue weighted by Gasteiger charge is -2.24. The standard InChI is InChI=1S/C23H30N4O3.HI/c1-4-24-23(25-12-11-16-13-18(29-2)9-10-21(16)30-3)26-15-17-14-22(28)27-20-8-6-5-7-19(17)20;/h5-10,13,17H,4,11-12,14-15H2,1-3H3,(H,27,28)(H2,24,25,26);1H. The van der Waals surface area contributed by atoms with Crippen molar-refractivity contribution < 1.29 is 14.3 Å². The first-order valence-electron chi connectivity index (χ1n) is 10.3. The van der Waals surface area contributed by atoms with Crippen molar-refractivity contribution in [1.82, 2.24) is 10.6 Å². The molecule has 168 valence electrons. The van der Waals surface area contributed by atoms with Gasteiger partial charge in [-0.2, -0.15) is 0 Å². The van der Waals surface area contributed by atoms with Gasteiger partial charge in [-0.3, -0.25) is 9.79 Å². The quantitative estimate of drug-likeness (QED) is 0.272. The average molecular weight is 538 g/mol. The molecule has 0 fully saturated rings. The van der Waals surface area contributed by atoms with Crippen molar-refractivity contribution in [3.8, 4) is 11.5 Å². The maximum Gasteiger partial charge on any atom is 0.225 e. The molecule has 2 aromatic carbocycles. The maximum atomic E-state index is 12.0. The number of para-hydroxylation sites is 1. The normalized spacial score (nSPS) is 15.3. The summed E-state index contributed by atoms with van der Waals surface area (Å²) in [5.41, 5.74) is 3.09. The van der Waals surface area contributed by atoms with Gasteiger partial charge in [0, 0.05) is 31.1 Å². The molecular formula is C23H31IN4O3. The van der Waals surface area contributed by atoms with Gasteiger partial charge in [-0.05, 0) is 48.7 Å². The topological polar surface area (TPSA) is 84.0 Å². The summed E-state index contributed by atoms with van der Waals surface area (Å²) in [7, 11) is 3.33. The smallest absolute Gasteiger partial charge is 0.225 e. The van der Waals surface area contributed by atoms with Crippen LogP contribution in [-0.2, 0) is 11.2 Å². The second-order valence-electron chi connectivity index (χ2n) is 7.11. The Bertz CT molecular complexity index is 904. The van der Waals surface area contributed by atoms with Crippen LogP contribution in [0.4, 0.5) is 5.69 Å². The fraction of sp³-hybridized carbons (Fsp3) is 0.391. The zero-order valence-electron chi connectivity index (χ0n) is 18.2. The summed E-state index contributed by atoms with van der Waals surface area (Å²) < 4.78 is 10.8. The molecule has 1 atom stereocenters. The van der Waals surface area contributed by atoms with Crippen molar-refractivity contribution in [2.75, 3.05) is 39.2 Å². The Kier molecular flexibility index (Phi) is 9.90. The summed E-state index contributed by atoms with van der Waals surface area (Å²) in [5, 5.41) is 9.59. The first-order chi connectivity index (χ1) is 14.6. The van der Waals surface area contributed by atoms with Gasteiger partial charge in [0.25, 0.3) is 0 Å². The van der Waals surface area contributed by atoms with E-state index in [1.807, 2.05) is 43.3 Å². The fourth-order valence-electron chi connectivity index (χ4n) is 3.60. The molecule has 1 heterocycles. The molecular weight excluding hydrogens is 507 g/mol. The minimum Gasteiger partial charge on any atom is -0.497 e. The summed E-state index contributed by atoms with van der Waals surface area (Å²) in [4.78, 5) is 16.8. The van der Waals surface area contributed by atoms with Crippen LogP contribution in [0.2, 0.25) is 0 Å². The second kappa shape index (κ2) is 12.4. The lowest BCUT2D eigenvalue weighted by atomic mass is 9.91. The predicted octanol–water partition coefficient (Wildman–Crippen LogP) is 3.55. The third-order valence-corrected chi connectivity index (χ3v) is 5.09. The van der Waals surface area contributed by atoms with E-state index in [4.69, 9.17) is 14.5 Å². The molecule has 0 saturated carbocycles. The number of fused-ring (bicyclic) bond motifs is 1. The molecule has 1 aliphatic rings. The number of guanidine groups is 1. The van der Waals surface area contributed by atoms with E-state index in [0.29, 0.717) is 19.5 Å². The molecule has 0 bridgehead atoms. The van der Waals surface area contributed by atoms with Crippen molar-refractivity contribution in [2.24, 2.45) is 4.99 Å². The van der Waals surface area contributed by atoms with Crippen molar-refractivity contribution >= 4 is 41.5 Å². The van der Waals surface area contributed by atoms with Gasteiger partial charge in [-0.1, -0.05) is 18.2 Å². The van der Waals surface area contributed by atoms with Crippen LogP contribution in [0.25, 0.3) is 0 Å². The zero-order chi connectivity index (χ0) is 21.3. The minimum atomic E-state index is 0. The molecule has 1 unspecified atom stereocenters. The number of hydrogen-bond acceptors (Lipinski definition) is 4. The minimum absolute atomic E-state index is 0. The molecule has 0 spiro atoms. The Morgan fingerprint density at radius 2 is 1.97 bits per heavy atom. The molecule has 8 heteroatoms. The summed E-state index contributed by atoms with van der Waals surface area (Å²) in [6.45, 7) is 4.03. The van der Waals surface area contributed by atoms with Crippen LogP contribution in [0.5, 0.6) is 11.5 Å². The predicted molar refractivity (Wildman–Crippen MR) is 135 cm³/mol. The molecule has 0 aromatic heterocycles. The third kappa shape index (κ3) is 6.75. The number of anilines is 1. The van der Waals surface area contributed by atoms with E-state index in [1.54, 1.807) is 14.2 Å². The molecule has 0 radical (unpaired) electrons. The SMILES string of the molecule is CCNC(=NCC1CC(=O)Nc2ccccc21)NCCc1cc(OC)ccc1OC.I. The van der Waals surface area contributed by atoms with Gasteiger partial charge >= 0.3 is 0 Å². The number of amides is 1. The number of carbonyl (C=O) groups excluding carboxylic acids is 1. The van der Waals surface area contributed by atoms with E-state index in [2.05, 4.69) is 22.0 Å². The number of nitrogens with one attached hydrogen (secondary N) is 3. The van der Waals surface area contributed by atoms with Crippen LogP contribution in [-0.4, -0.2) is 45.7 Å². The Balaban J connectivity index is 0.00000341. The van der Waals surface area contributed by atoms with Gasteiger partial charge in [0.2, 0.25) is 5.91 Å². The van der Waals surface area contributed by atoms with Gasteiger partial charge < -0.3 is 25.4 Å². The van der Waals surface area contributed by atoms with E-state index in [0.717, 1.165) is 47.2 Å². The first-order valence-corrected chi connectivity index (χ1v) is 10.3. The highest BCUT2D eigenvalue weighted by atomic mass is 127. The number of carbonyl (C=O) groups is 1. The monoisotopic (exact) mass is 538 g/mol. The number of aliphatic imine (C=N–C) groups is 1. The van der Waals surface area contributed by atoms with Crippen LogP contribution in [0, 0.1) is 0 Å². The number of benzene rings is 2. The highest BCUT2D eigenvalue weighted by Gasteiger charge is 2.24. The van der Waals surface area contributed by atoms with Crippen LogP contribution in [0.3, 0.4) is 0 Å². The van der Waals surface area contributed by atoms with Gasteiger partial charge in [-0.15, -0.1) is 24.0 Å². The summed E-state index contributed by atoms with van der Waals surface area (Å²) in [5.74, 6) is 2.49. The number of hydrogen-bond donors (Lipinski definition) is 3. The largest absolute Gasteiger partial charge is 0.497 e. The first kappa shape index (κ1) is 24.8. The molecule has 2 aromatic rings. The molecule has 7 nitrogen and oxygen atoms in total. The summed E-state index contributed by atoms with van der Waals surface area (Å²) in [6.07, 6.45) is 1.21. The lowest BCUT2D eigenvalue weighted by Crippen LogP contribution is -2.39. The van der Waals surface area contributed by atoms with Gasteiger partial charge in [0.15, 0.2) is 5.96 Å². The molecule has 3 rings (SSSR count). The lowest BCUT2D eigenvalue weighted by molar-refractivity contribution is -0.116. The van der Waals surface area contributed by atoms with Gasteiger partial charge in [0.05, 0.1) is 20.8 Å². The van der Waals surface area contributed by atoms with E-state index >= 15 is 0 Å². The zero-order valence-corrected chi connectivity index (χ0v) is 20.6. The van der Waals surface area contributed by atoms with Gasteiger partial charge in [-0.25, -0.2) is 0 Å². The third-order valence-electron chi connectivity index (χ3n) is 5.09. The maximum absolute atomic E-state index is 12.0. The summed E-state index contributed by atoms with van der Waals surface area (Å²) >= 11 is 0. The van der Waals surface area contributed by atoms with Crippen molar-refractivity contribution in [2.45, 2.75) is 25.7 Å². The van der Waals surface area contributed by atoms with Crippen molar-refractivity contribution in [3.63, 3.8) is 0 Å². The van der Waals surface area contributed by atoms with Crippen molar-refractivity contribution in [3.05, 3.63) is 53.6 Å². The number of ether oxygens (including phenoxy) is 2. The van der Waals surface area contributed by atoms with E-state index < -0.39 is 0 Å². The number of nitrogens with zero attached hydrogens (tertiary/aromatic N) is 1. The Labute approximate surface area is 201 Å². The number of methoxy groups -OCH3 is 2. The van der Waals surface area contributed by atoms with E-state index in [9.17, 15) is 4.79 Å². The van der Waals surface area contributed by atoms with Crippen LogP contribution in [0.1, 0.15) is 30.4 Å². The van der Waals surface area contributed by atoms with Crippen LogP contribution in [0.15, 0.2) is 47.5 Å². The molecule has 1 amide bonds. The second-order valence-corrected chi connectivity index (χ2v) is 7.11. The number of halogens is 1. The van der Waals surface area contributed by atoms with E-state index in [-0.39, 0.29) is 35.8 Å². The Morgan fingerprint density at radius 3 is 2.71 bits per heavy atom. The average Bonchev–Trinajstić information content (AvgIpc) is 2.77. The van der Waals surface area contributed by atoms with Crippen molar-refractivity contribution in [1.29, 1.82) is 0 Å². The highest BCUT2D eigenvalue weighted by Crippen LogP contribution is 2.32. The van der Waals surface area contributed by atoms with E-state index in [1.165, 1.54) is 0 Å². The molecule has 1 aliphatic heterocycles. The van der Waals surface area contributed by atoms with Crippen LogP contribution >= 0.6 is 24.0 Å². The molecule has 0 saturated heterocycles. The fourth-order valence-corrected chi connectivity index (χ4v) is 3.60. The van der Waals surface area contributed by atoms with Crippen LogP contribution < -0.4 is 25.4 Å². The Morgan fingerprint density at radius 1 is 1.16 bits per heavy atom.